The fourth-order valence-corrected chi connectivity index (χ4v) is 1.24. The molecule has 1 unspecified atom stereocenters. The number of ether oxygens (including phenoxy) is 1. The van der Waals surface area contributed by atoms with E-state index in [-0.39, 0.29) is 12.1 Å². The average Bonchev–Trinajstić information content (AvgIpc) is 2.26. The molecule has 0 saturated carbocycles. The van der Waals surface area contributed by atoms with Crippen LogP contribution in [0.1, 0.15) is 25.0 Å². The summed E-state index contributed by atoms with van der Waals surface area (Å²) >= 11 is 0. The molecule has 0 spiro atoms. The molecule has 0 aliphatic carbocycles. The first kappa shape index (κ1) is 10.5. The summed E-state index contributed by atoms with van der Waals surface area (Å²) < 4.78 is 5.18. The Bertz CT molecular complexity index is 303. The maximum Gasteiger partial charge on any atom is 0.330 e. The molecular weight excluding hydrogens is 176 g/mol. The third kappa shape index (κ3) is 2.73. The Hall–Kier alpha value is -1.57. The van der Waals surface area contributed by atoms with Crippen molar-refractivity contribution in [1.82, 2.24) is 0 Å². The van der Waals surface area contributed by atoms with Crippen molar-refractivity contribution in [2.45, 2.75) is 19.4 Å². The van der Waals surface area contributed by atoms with Gasteiger partial charge in [0.05, 0.1) is 0 Å². The van der Waals surface area contributed by atoms with Gasteiger partial charge in [-0.15, -0.1) is 0 Å². The van der Waals surface area contributed by atoms with Crippen molar-refractivity contribution in [2.75, 3.05) is 0 Å². The number of carbonyl (C=O) groups is 1. The summed E-state index contributed by atoms with van der Waals surface area (Å²) in [6.07, 6.45) is 1.79. The molecule has 0 N–H and O–H groups in total. The van der Waals surface area contributed by atoms with E-state index in [1.165, 1.54) is 6.08 Å². The van der Waals surface area contributed by atoms with Gasteiger partial charge >= 0.3 is 5.97 Å². The van der Waals surface area contributed by atoms with Crippen LogP contribution in [0, 0.1) is 0 Å². The summed E-state index contributed by atoms with van der Waals surface area (Å²) in [7, 11) is 0. The molecule has 0 fully saturated rings. The molecule has 0 aliphatic heterocycles. The second-order valence-corrected chi connectivity index (χ2v) is 2.95. The minimum atomic E-state index is -0.374. The Balaban J connectivity index is 2.72. The largest absolute Gasteiger partial charge is 0.454 e. The van der Waals surface area contributed by atoms with Gasteiger partial charge in [0.2, 0.25) is 0 Å². The third-order valence-electron chi connectivity index (χ3n) is 1.97. The SMILES string of the molecule is C=CC(=O)OC(CC)c1ccccc1. The Labute approximate surface area is 84.2 Å². The van der Waals surface area contributed by atoms with Crippen LogP contribution in [-0.2, 0) is 9.53 Å². The summed E-state index contributed by atoms with van der Waals surface area (Å²) in [5.41, 5.74) is 1.02. The fraction of sp³-hybridized carbons (Fsp3) is 0.250. The molecule has 1 atom stereocenters. The van der Waals surface area contributed by atoms with Crippen molar-refractivity contribution in [3.05, 3.63) is 48.6 Å². The van der Waals surface area contributed by atoms with E-state index in [1.807, 2.05) is 37.3 Å². The zero-order chi connectivity index (χ0) is 10.4. The molecule has 0 bridgehead atoms. The highest BCUT2D eigenvalue weighted by atomic mass is 16.5. The molecular formula is C12H14O2. The third-order valence-corrected chi connectivity index (χ3v) is 1.97. The topological polar surface area (TPSA) is 26.3 Å². The number of hydrogen-bond acceptors (Lipinski definition) is 2. The molecule has 74 valence electrons. The molecule has 0 amide bonds. The summed E-state index contributed by atoms with van der Waals surface area (Å²) in [6, 6.07) is 9.69. The number of rotatable bonds is 4. The van der Waals surface area contributed by atoms with Crippen molar-refractivity contribution in [3.63, 3.8) is 0 Å². The lowest BCUT2D eigenvalue weighted by Gasteiger charge is -2.14. The van der Waals surface area contributed by atoms with Crippen molar-refractivity contribution < 1.29 is 9.53 Å². The van der Waals surface area contributed by atoms with Gasteiger partial charge in [0, 0.05) is 6.08 Å². The quantitative estimate of drug-likeness (QED) is 0.539. The standard InChI is InChI=1S/C12H14O2/c1-3-11(14-12(13)4-2)10-8-6-5-7-9-10/h4-9,11H,2-3H2,1H3. The van der Waals surface area contributed by atoms with Crippen LogP contribution in [0.4, 0.5) is 0 Å². The van der Waals surface area contributed by atoms with E-state index in [0.29, 0.717) is 0 Å². The fourth-order valence-electron chi connectivity index (χ4n) is 1.24. The molecule has 0 saturated heterocycles. The van der Waals surface area contributed by atoms with Crippen molar-refractivity contribution in [1.29, 1.82) is 0 Å². The maximum atomic E-state index is 11.0. The van der Waals surface area contributed by atoms with Crippen LogP contribution in [0.3, 0.4) is 0 Å². The van der Waals surface area contributed by atoms with Gasteiger partial charge in [-0.25, -0.2) is 4.79 Å². The van der Waals surface area contributed by atoms with Crippen molar-refractivity contribution >= 4 is 5.97 Å². The summed E-state index contributed by atoms with van der Waals surface area (Å²) in [5.74, 6) is -0.374. The first-order valence-corrected chi connectivity index (χ1v) is 4.66. The first-order valence-electron chi connectivity index (χ1n) is 4.66. The molecule has 0 aromatic heterocycles. The predicted molar refractivity (Wildman–Crippen MR) is 55.8 cm³/mol. The summed E-state index contributed by atoms with van der Waals surface area (Å²) in [6.45, 7) is 5.35. The van der Waals surface area contributed by atoms with Crippen LogP contribution in [0.5, 0.6) is 0 Å². The monoisotopic (exact) mass is 190 g/mol. The molecule has 0 radical (unpaired) electrons. The Morgan fingerprint density at radius 3 is 2.64 bits per heavy atom. The first-order chi connectivity index (χ1) is 6.77. The molecule has 2 heteroatoms. The zero-order valence-electron chi connectivity index (χ0n) is 8.27. The highest BCUT2D eigenvalue weighted by Gasteiger charge is 2.11. The normalized spacial score (nSPS) is 11.8. The lowest BCUT2D eigenvalue weighted by atomic mass is 10.1. The van der Waals surface area contributed by atoms with E-state index >= 15 is 0 Å². The highest BCUT2D eigenvalue weighted by Crippen LogP contribution is 2.20. The smallest absolute Gasteiger partial charge is 0.330 e. The van der Waals surface area contributed by atoms with E-state index in [0.717, 1.165) is 12.0 Å². The minimum absolute atomic E-state index is 0.165. The Morgan fingerprint density at radius 2 is 2.14 bits per heavy atom. The molecule has 1 aromatic rings. The van der Waals surface area contributed by atoms with E-state index in [2.05, 4.69) is 6.58 Å². The molecule has 0 heterocycles. The van der Waals surface area contributed by atoms with E-state index < -0.39 is 0 Å². The average molecular weight is 190 g/mol. The summed E-state index contributed by atoms with van der Waals surface area (Å²) in [5, 5.41) is 0. The second kappa shape index (κ2) is 5.22. The van der Waals surface area contributed by atoms with Crippen molar-refractivity contribution in [3.8, 4) is 0 Å². The van der Waals surface area contributed by atoms with E-state index in [1.54, 1.807) is 0 Å². The molecule has 1 rings (SSSR count). The molecule has 14 heavy (non-hydrogen) atoms. The predicted octanol–water partition coefficient (Wildman–Crippen LogP) is 2.87. The Kier molecular flexibility index (Phi) is 3.92. The van der Waals surface area contributed by atoms with Gasteiger partial charge in [-0.2, -0.15) is 0 Å². The molecule has 2 nitrogen and oxygen atoms in total. The minimum Gasteiger partial charge on any atom is -0.454 e. The van der Waals surface area contributed by atoms with Crippen LogP contribution in [0.2, 0.25) is 0 Å². The highest BCUT2D eigenvalue weighted by molar-refractivity contribution is 5.81. The van der Waals surface area contributed by atoms with E-state index in [9.17, 15) is 4.79 Å². The van der Waals surface area contributed by atoms with Gasteiger partial charge in [0.25, 0.3) is 0 Å². The van der Waals surface area contributed by atoms with Crippen molar-refractivity contribution in [2.24, 2.45) is 0 Å². The van der Waals surface area contributed by atoms with Crippen LogP contribution < -0.4 is 0 Å². The van der Waals surface area contributed by atoms with Gasteiger partial charge in [-0.05, 0) is 12.0 Å². The van der Waals surface area contributed by atoms with Crippen LogP contribution in [0.15, 0.2) is 43.0 Å². The van der Waals surface area contributed by atoms with Crippen LogP contribution in [0.25, 0.3) is 0 Å². The van der Waals surface area contributed by atoms with Gasteiger partial charge in [-0.3, -0.25) is 0 Å². The van der Waals surface area contributed by atoms with Gasteiger partial charge in [-0.1, -0.05) is 43.8 Å². The maximum absolute atomic E-state index is 11.0. The number of esters is 1. The molecule has 0 aliphatic rings. The number of hydrogen-bond donors (Lipinski definition) is 0. The second-order valence-electron chi connectivity index (χ2n) is 2.95. The van der Waals surface area contributed by atoms with Gasteiger partial charge < -0.3 is 4.74 Å². The number of carbonyl (C=O) groups excluding carboxylic acids is 1. The lowest BCUT2D eigenvalue weighted by molar-refractivity contribution is -0.143. The van der Waals surface area contributed by atoms with Crippen LogP contribution in [-0.4, -0.2) is 5.97 Å². The molecule has 1 aromatic carbocycles. The zero-order valence-corrected chi connectivity index (χ0v) is 8.27. The van der Waals surface area contributed by atoms with Gasteiger partial charge in [0.15, 0.2) is 0 Å². The van der Waals surface area contributed by atoms with Crippen LogP contribution >= 0.6 is 0 Å². The van der Waals surface area contributed by atoms with Gasteiger partial charge in [0.1, 0.15) is 6.10 Å². The summed E-state index contributed by atoms with van der Waals surface area (Å²) in [4.78, 5) is 11.0. The lowest BCUT2D eigenvalue weighted by Crippen LogP contribution is -2.08. The number of benzene rings is 1. The van der Waals surface area contributed by atoms with E-state index in [4.69, 9.17) is 4.74 Å². The Morgan fingerprint density at radius 1 is 1.50 bits per heavy atom.